The van der Waals surface area contributed by atoms with Crippen molar-refractivity contribution >= 4 is 45.2 Å². The van der Waals surface area contributed by atoms with Gasteiger partial charge >= 0.3 is 5.97 Å². The number of aliphatic carboxylic acids is 1. The lowest BCUT2D eigenvalue weighted by molar-refractivity contribution is -0.146. The van der Waals surface area contributed by atoms with Crippen LogP contribution in [-0.4, -0.2) is 78.9 Å². The van der Waals surface area contributed by atoms with Crippen LogP contribution in [0, 0.1) is 11.8 Å². The summed E-state index contributed by atoms with van der Waals surface area (Å²) in [6.07, 6.45) is 11.5. The highest BCUT2D eigenvalue weighted by Gasteiger charge is 2.61. The number of rotatable bonds is 7. The van der Waals surface area contributed by atoms with Crippen LogP contribution in [0.5, 0.6) is 5.88 Å². The number of nitrogens with one attached hydrogen (secondary N) is 2. The van der Waals surface area contributed by atoms with Crippen LogP contribution in [0.15, 0.2) is 48.0 Å². The van der Waals surface area contributed by atoms with E-state index in [2.05, 4.69) is 20.6 Å². The molecule has 13 heteroatoms. The van der Waals surface area contributed by atoms with Gasteiger partial charge in [-0.15, -0.1) is 11.3 Å². The third-order valence-corrected chi connectivity index (χ3v) is 10.5. The molecule has 12 nitrogen and oxygen atoms in total. The maximum absolute atomic E-state index is 14.3. The minimum absolute atomic E-state index is 0.0745. The molecule has 3 aromatic rings. The molecular weight excluding hydrogens is 620 g/mol. The number of carboxylic acids is 1. The Hall–Kier alpha value is -4.39. The van der Waals surface area contributed by atoms with Crippen molar-refractivity contribution in [3.05, 3.63) is 48.0 Å². The van der Waals surface area contributed by atoms with Crippen LogP contribution >= 0.6 is 11.3 Å². The molecule has 47 heavy (non-hydrogen) atoms. The van der Waals surface area contributed by atoms with Crippen LogP contribution in [0.2, 0.25) is 0 Å². The Balaban J connectivity index is 1.18. The molecule has 0 spiro atoms. The van der Waals surface area contributed by atoms with E-state index in [0.717, 1.165) is 43.2 Å². The van der Waals surface area contributed by atoms with Crippen LogP contribution in [-0.2, 0) is 19.2 Å². The van der Waals surface area contributed by atoms with E-state index in [9.17, 15) is 24.3 Å². The first-order valence-electron chi connectivity index (χ1n) is 16.5. The molecule has 0 radical (unpaired) electrons. The van der Waals surface area contributed by atoms with Crippen molar-refractivity contribution in [2.24, 2.45) is 11.8 Å². The first kappa shape index (κ1) is 31.2. The number of pyridine rings is 1. The molecule has 1 saturated heterocycles. The van der Waals surface area contributed by atoms with Gasteiger partial charge in [-0.05, 0) is 68.0 Å². The molecule has 2 aliphatic heterocycles. The normalized spacial score (nSPS) is 28.7. The number of nitrogens with zero attached hydrogens (tertiary/aromatic N) is 4. The molecule has 3 amide bonds. The van der Waals surface area contributed by atoms with Crippen molar-refractivity contribution in [3.8, 4) is 17.4 Å². The van der Waals surface area contributed by atoms with Gasteiger partial charge in [0.15, 0.2) is 5.82 Å². The molecule has 7 rings (SSSR count). The number of carboxylic acid groups (broad SMARTS) is 1. The molecule has 246 valence electrons. The Morgan fingerprint density at radius 2 is 2.00 bits per heavy atom. The monoisotopic (exact) mass is 658 g/mol. The molecule has 0 bridgehead atoms. The molecule has 5 heterocycles. The van der Waals surface area contributed by atoms with E-state index in [1.807, 2.05) is 41.8 Å². The van der Waals surface area contributed by atoms with E-state index in [4.69, 9.17) is 9.72 Å². The zero-order valence-electron chi connectivity index (χ0n) is 26.0. The van der Waals surface area contributed by atoms with Gasteiger partial charge in [0.2, 0.25) is 23.6 Å². The highest BCUT2D eigenvalue weighted by atomic mass is 32.1. The van der Waals surface area contributed by atoms with E-state index in [1.165, 1.54) is 16.2 Å². The van der Waals surface area contributed by atoms with Gasteiger partial charge in [-0.1, -0.05) is 31.1 Å². The summed E-state index contributed by atoms with van der Waals surface area (Å²) in [7, 11) is 0. The second kappa shape index (κ2) is 13.0. The van der Waals surface area contributed by atoms with Crippen molar-refractivity contribution in [3.63, 3.8) is 0 Å². The fraction of sp³-hybridized carbons (Fsp3) is 0.500. The summed E-state index contributed by atoms with van der Waals surface area (Å²) in [4.78, 5) is 68.8. The van der Waals surface area contributed by atoms with Crippen molar-refractivity contribution in [2.75, 3.05) is 6.54 Å². The van der Waals surface area contributed by atoms with E-state index in [-0.39, 0.29) is 30.7 Å². The Morgan fingerprint density at radius 3 is 2.79 bits per heavy atom. The third-order valence-electron chi connectivity index (χ3n) is 9.57. The van der Waals surface area contributed by atoms with Gasteiger partial charge in [0.05, 0.1) is 12.1 Å². The molecule has 5 atom stereocenters. The van der Waals surface area contributed by atoms with Gasteiger partial charge in [-0.3, -0.25) is 19.4 Å². The number of hydrogen-bond donors (Lipinski definition) is 3. The molecule has 0 unspecified atom stereocenters. The molecular formula is C34H38N6O6S. The maximum atomic E-state index is 14.3. The molecule has 2 saturated carbocycles. The number of carbonyl (C=O) groups excluding carboxylic acids is 3. The average Bonchev–Trinajstić information content (AvgIpc) is 3.89. The van der Waals surface area contributed by atoms with Crippen LogP contribution in [0.3, 0.4) is 0 Å². The lowest BCUT2D eigenvalue weighted by atomic mass is 10.0. The van der Waals surface area contributed by atoms with Crippen molar-refractivity contribution in [2.45, 2.75) is 87.9 Å². The Bertz CT molecular complexity index is 1710. The summed E-state index contributed by atoms with van der Waals surface area (Å²) >= 11 is 1.43. The number of ether oxygens (including phenoxy) is 1. The van der Waals surface area contributed by atoms with Crippen LogP contribution in [0.25, 0.3) is 21.7 Å². The van der Waals surface area contributed by atoms with Crippen molar-refractivity contribution in [1.82, 2.24) is 30.5 Å². The molecule has 3 aromatic heterocycles. The van der Waals surface area contributed by atoms with Gasteiger partial charge in [0.25, 0.3) is 0 Å². The van der Waals surface area contributed by atoms with Gasteiger partial charge < -0.3 is 25.4 Å². The fourth-order valence-electron chi connectivity index (χ4n) is 6.67. The summed E-state index contributed by atoms with van der Waals surface area (Å²) in [6.45, 7) is 0.0745. The summed E-state index contributed by atoms with van der Waals surface area (Å²) in [5.74, 6) is -1.40. The number of fused-ring (bicyclic) bond motifs is 3. The number of hydrogen-bond acceptors (Lipinski definition) is 9. The van der Waals surface area contributed by atoms with E-state index in [0.29, 0.717) is 48.1 Å². The lowest BCUT2D eigenvalue weighted by Gasteiger charge is -2.29. The van der Waals surface area contributed by atoms with Gasteiger partial charge in [0, 0.05) is 25.0 Å². The largest absolute Gasteiger partial charge is 0.479 e. The van der Waals surface area contributed by atoms with Gasteiger partial charge in [-0.2, -0.15) is 4.98 Å². The predicted molar refractivity (Wildman–Crippen MR) is 173 cm³/mol. The van der Waals surface area contributed by atoms with Gasteiger partial charge in [-0.25, -0.2) is 9.78 Å². The number of aromatic nitrogens is 3. The highest BCUT2D eigenvalue weighted by molar-refractivity contribution is 7.17. The zero-order chi connectivity index (χ0) is 32.5. The lowest BCUT2D eigenvalue weighted by Crippen LogP contribution is -2.56. The summed E-state index contributed by atoms with van der Waals surface area (Å²) in [5.41, 5.74) is -0.139. The molecule has 0 aromatic carbocycles. The topological polar surface area (TPSA) is 164 Å². The number of allylic oxidation sites excluding steroid dienone is 1. The smallest absolute Gasteiger partial charge is 0.330 e. The number of carbonyl (C=O) groups is 4. The number of amides is 3. The van der Waals surface area contributed by atoms with Crippen LogP contribution < -0.4 is 15.4 Å². The first-order valence-corrected chi connectivity index (χ1v) is 17.3. The second-order valence-corrected chi connectivity index (χ2v) is 14.0. The third kappa shape index (κ3) is 6.71. The molecule has 3 N–H and O–H groups in total. The minimum atomic E-state index is -1.41. The predicted octanol–water partition coefficient (Wildman–Crippen LogP) is 3.87. The molecule has 3 fully saturated rings. The Kier molecular flexibility index (Phi) is 8.65. The summed E-state index contributed by atoms with van der Waals surface area (Å²) in [5, 5.41) is 17.8. The van der Waals surface area contributed by atoms with Crippen LogP contribution in [0.1, 0.15) is 64.2 Å². The highest BCUT2D eigenvalue weighted by Crippen LogP contribution is 2.45. The quantitative estimate of drug-likeness (QED) is 0.320. The first-order chi connectivity index (χ1) is 22.8. The standard InChI is InChI=1S/C34H38N6O6S/c41-27(16-20-11-12-20)36-25-10-5-3-1-2-4-8-21-18-34(21,33(44)45)39-30(42)26-17-22(19-40(26)32(25)43)46-31-28-23(13-15-47-28)37-29(38-31)24-9-6-7-14-35-24/h4,6-9,13-15,20-22,25-26H,1-3,5,10-12,16-19H2,(H,36,41)(H,39,42)(H,44,45)/b8-4-/t21-,22-,25+,26+,34-/m1/s1. The molecule has 2 aliphatic carbocycles. The zero-order valence-corrected chi connectivity index (χ0v) is 26.8. The summed E-state index contributed by atoms with van der Waals surface area (Å²) < 4.78 is 7.21. The number of thiophene rings is 1. The fourth-order valence-corrected chi connectivity index (χ4v) is 7.43. The maximum Gasteiger partial charge on any atom is 0.330 e. The van der Waals surface area contributed by atoms with Crippen molar-refractivity contribution in [1.29, 1.82) is 0 Å². The SMILES string of the molecule is O=C(CC1CC1)N[C@H]1CCCCC/C=C\[C@@H]2C[C@@]2(C(=O)O)NC(=O)[C@@H]2C[C@@H](Oc3nc(-c4ccccn4)nc4ccsc34)CN2C1=O. The second-order valence-electron chi connectivity index (χ2n) is 13.1. The minimum Gasteiger partial charge on any atom is -0.479 e. The van der Waals surface area contributed by atoms with Crippen molar-refractivity contribution < 1.29 is 29.0 Å². The van der Waals surface area contributed by atoms with E-state index < -0.39 is 35.6 Å². The van der Waals surface area contributed by atoms with Crippen LogP contribution in [0.4, 0.5) is 0 Å². The van der Waals surface area contributed by atoms with Gasteiger partial charge in [0.1, 0.15) is 34.1 Å². The molecule has 4 aliphatic rings. The Labute approximate surface area is 276 Å². The summed E-state index contributed by atoms with van der Waals surface area (Å²) in [6, 6.07) is 5.55. The van der Waals surface area contributed by atoms with E-state index in [1.54, 1.807) is 6.20 Å². The Morgan fingerprint density at radius 1 is 1.13 bits per heavy atom. The average molecular weight is 659 g/mol. The van der Waals surface area contributed by atoms with E-state index >= 15 is 0 Å².